The molecule has 1 aromatic heterocycles. The van der Waals surface area contributed by atoms with E-state index in [4.69, 9.17) is 10.00 Å². The fourth-order valence-corrected chi connectivity index (χ4v) is 1.42. The highest BCUT2D eigenvalue weighted by atomic mass is 16.5. The molecule has 1 aromatic rings. The van der Waals surface area contributed by atoms with Crippen LogP contribution < -0.4 is 10.1 Å². The molecule has 0 radical (unpaired) electrons. The van der Waals surface area contributed by atoms with Gasteiger partial charge < -0.3 is 10.1 Å². The maximum Gasteiger partial charge on any atom is 0.142 e. The Labute approximate surface area is 88.9 Å². The first-order valence-electron chi connectivity index (χ1n) is 5.08. The zero-order chi connectivity index (χ0) is 10.7. The largest absolute Gasteiger partial charge is 0.489 e. The van der Waals surface area contributed by atoms with E-state index in [-0.39, 0.29) is 6.10 Å². The molecule has 2 rings (SSSR count). The van der Waals surface area contributed by atoms with Gasteiger partial charge in [-0.15, -0.1) is 0 Å². The number of anilines is 1. The monoisotopic (exact) mass is 203 g/mol. The summed E-state index contributed by atoms with van der Waals surface area (Å²) in [5.41, 5.74) is 0.501. The Balaban J connectivity index is 2.21. The molecule has 15 heavy (non-hydrogen) atoms. The van der Waals surface area contributed by atoms with Gasteiger partial charge in [0.2, 0.25) is 0 Å². The summed E-state index contributed by atoms with van der Waals surface area (Å²) in [5.74, 6) is 1.37. The minimum absolute atomic E-state index is 0.282. The second-order valence-electron chi connectivity index (χ2n) is 3.60. The summed E-state index contributed by atoms with van der Waals surface area (Å²) in [4.78, 5) is 4.07. The van der Waals surface area contributed by atoms with Crippen molar-refractivity contribution in [3.8, 4) is 11.8 Å². The Kier molecular flexibility index (Phi) is 2.72. The molecule has 4 heteroatoms. The molecule has 78 valence electrons. The van der Waals surface area contributed by atoms with Crippen molar-refractivity contribution in [2.75, 3.05) is 12.4 Å². The molecular weight excluding hydrogens is 190 g/mol. The van der Waals surface area contributed by atoms with Crippen LogP contribution in [0.1, 0.15) is 24.8 Å². The molecule has 0 unspecified atom stereocenters. The van der Waals surface area contributed by atoms with E-state index < -0.39 is 0 Å². The quantitative estimate of drug-likeness (QED) is 0.815. The first-order valence-corrected chi connectivity index (χ1v) is 5.08. The van der Waals surface area contributed by atoms with Crippen molar-refractivity contribution in [3.63, 3.8) is 0 Å². The Bertz CT molecular complexity index is 393. The van der Waals surface area contributed by atoms with Crippen LogP contribution in [0.4, 0.5) is 5.82 Å². The fraction of sp³-hybridized carbons (Fsp3) is 0.455. The third-order valence-corrected chi connectivity index (χ3v) is 2.59. The van der Waals surface area contributed by atoms with Crippen molar-refractivity contribution >= 4 is 5.82 Å². The predicted molar refractivity (Wildman–Crippen MR) is 56.8 cm³/mol. The summed E-state index contributed by atoms with van der Waals surface area (Å²) in [6.07, 6.45) is 5.21. The van der Waals surface area contributed by atoms with Crippen LogP contribution in [-0.2, 0) is 0 Å². The molecule has 0 saturated heterocycles. The van der Waals surface area contributed by atoms with Crippen LogP contribution >= 0.6 is 0 Å². The van der Waals surface area contributed by atoms with Crippen molar-refractivity contribution < 1.29 is 4.74 Å². The van der Waals surface area contributed by atoms with Crippen LogP contribution in [0, 0.1) is 11.3 Å². The van der Waals surface area contributed by atoms with Gasteiger partial charge in [0.1, 0.15) is 23.2 Å². The lowest BCUT2D eigenvalue weighted by atomic mass is 9.96. The molecule has 0 amide bonds. The second kappa shape index (κ2) is 4.18. The Hall–Kier alpha value is -1.76. The van der Waals surface area contributed by atoms with Gasteiger partial charge in [0.15, 0.2) is 0 Å². The standard InChI is InChI=1S/C11H13N3O/c1-13-11-5-10(8(6-12)7-14-11)15-9-3-2-4-9/h5,7,9H,2-4H2,1H3,(H,13,14). The topological polar surface area (TPSA) is 57.9 Å². The molecule has 0 bridgehead atoms. The van der Waals surface area contributed by atoms with Gasteiger partial charge in [-0.05, 0) is 19.3 Å². The molecule has 1 heterocycles. The van der Waals surface area contributed by atoms with Crippen LogP contribution in [-0.4, -0.2) is 18.1 Å². The average Bonchev–Trinajstić information content (AvgIpc) is 2.23. The third kappa shape index (κ3) is 2.01. The van der Waals surface area contributed by atoms with Gasteiger partial charge in [0, 0.05) is 13.1 Å². The SMILES string of the molecule is CNc1cc(OC2CCC2)c(C#N)cn1. The third-order valence-electron chi connectivity index (χ3n) is 2.59. The summed E-state index contributed by atoms with van der Waals surface area (Å²) in [6, 6.07) is 3.86. The molecule has 0 spiro atoms. The molecule has 4 nitrogen and oxygen atoms in total. The number of hydrogen-bond donors (Lipinski definition) is 1. The summed E-state index contributed by atoms with van der Waals surface area (Å²) >= 11 is 0. The van der Waals surface area contributed by atoms with E-state index in [1.165, 1.54) is 6.42 Å². The number of ether oxygens (including phenoxy) is 1. The van der Waals surface area contributed by atoms with Crippen molar-refractivity contribution in [2.45, 2.75) is 25.4 Å². The molecule has 0 aromatic carbocycles. The van der Waals surface area contributed by atoms with Gasteiger partial charge in [0.05, 0.1) is 12.3 Å². The summed E-state index contributed by atoms with van der Waals surface area (Å²) < 4.78 is 5.71. The molecule has 1 N–H and O–H groups in total. The Morgan fingerprint density at radius 1 is 1.60 bits per heavy atom. The van der Waals surface area contributed by atoms with E-state index in [2.05, 4.69) is 16.4 Å². The van der Waals surface area contributed by atoms with Crippen LogP contribution in [0.15, 0.2) is 12.3 Å². The zero-order valence-electron chi connectivity index (χ0n) is 8.66. The van der Waals surface area contributed by atoms with Crippen molar-refractivity contribution in [3.05, 3.63) is 17.8 Å². The number of nitriles is 1. The zero-order valence-corrected chi connectivity index (χ0v) is 8.66. The highest BCUT2D eigenvalue weighted by Crippen LogP contribution is 2.28. The van der Waals surface area contributed by atoms with Crippen molar-refractivity contribution in [2.24, 2.45) is 0 Å². The number of hydrogen-bond acceptors (Lipinski definition) is 4. The molecular formula is C11H13N3O. The first kappa shape index (κ1) is 9.78. The second-order valence-corrected chi connectivity index (χ2v) is 3.60. The van der Waals surface area contributed by atoms with E-state index in [0.717, 1.165) is 18.7 Å². The molecule has 1 aliphatic rings. The smallest absolute Gasteiger partial charge is 0.142 e. The minimum Gasteiger partial charge on any atom is -0.489 e. The van der Waals surface area contributed by atoms with Crippen LogP contribution in [0.3, 0.4) is 0 Å². The molecule has 0 aliphatic heterocycles. The Morgan fingerprint density at radius 2 is 2.40 bits per heavy atom. The maximum atomic E-state index is 8.90. The highest BCUT2D eigenvalue weighted by molar-refractivity contribution is 5.49. The lowest BCUT2D eigenvalue weighted by Gasteiger charge is -2.26. The van der Waals surface area contributed by atoms with E-state index in [1.807, 2.05) is 0 Å². The van der Waals surface area contributed by atoms with Gasteiger partial charge in [-0.2, -0.15) is 5.26 Å². The molecule has 0 atom stereocenters. The maximum absolute atomic E-state index is 8.90. The molecule has 1 saturated carbocycles. The summed E-state index contributed by atoms with van der Waals surface area (Å²) in [5, 5.41) is 11.8. The Morgan fingerprint density at radius 3 is 2.93 bits per heavy atom. The van der Waals surface area contributed by atoms with E-state index in [1.54, 1.807) is 19.3 Å². The van der Waals surface area contributed by atoms with Gasteiger partial charge in [-0.1, -0.05) is 0 Å². The predicted octanol–water partition coefficient (Wildman–Crippen LogP) is 1.93. The van der Waals surface area contributed by atoms with Crippen LogP contribution in [0.25, 0.3) is 0 Å². The van der Waals surface area contributed by atoms with Gasteiger partial charge >= 0.3 is 0 Å². The van der Waals surface area contributed by atoms with E-state index in [9.17, 15) is 0 Å². The summed E-state index contributed by atoms with van der Waals surface area (Å²) in [6.45, 7) is 0. The van der Waals surface area contributed by atoms with Crippen LogP contribution in [0.2, 0.25) is 0 Å². The van der Waals surface area contributed by atoms with Gasteiger partial charge in [-0.25, -0.2) is 4.98 Å². The number of pyridine rings is 1. The van der Waals surface area contributed by atoms with Crippen LogP contribution in [0.5, 0.6) is 5.75 Å². The normalized spacial score (nSPS) is 15.2. The number of nitrogens with zero attached hydrogens (tertiary/aromatic N) is 2. The molecule has 1 aliphatic carbocycles. The van der Waals surface area contributed by atoms with Crippen molar-refractivity contribution in [1.82, 2.24) is 4.98 Å². The number of aromatic nitrogens is 1. The highest BCUT2D eigenvalue weighted by Gasteiger charge is 2.20. The average molecular weight is 203 g/mol. The van der Waals surface area contributed by atoms with Crippen molar-refractivity contribution in [1.29, 1.82) is 5.26 Å². The lowest BCUT2D eigenvalue weighted by Crippen LogP contribution is -2.25. The minimum atomic E-state index is 0.282. The van der Waals surface area contributed by atoms with Gasteiger partial charge in [0.25, 0.3) is 0 Å². The number of nitrogens with one attached hydrogen (secondary N) is 1. The lowest BCUT2D eigenvalue weighted by molar-refractivity contribution is 0.120. The van der Waals surface area contributed by atoms with E-state index in [0.29, 0.717) is 11.3 Å². The first-order chi connectivity index (χ1) is 7.33. The summed E-state index contributed by atoms with van der Waals surface area (Å²) in [7, 11) is 1.79. The molecule has 1 fully saturated rings. The van der Waals surface area contributed by atoms with E-state index >= 15 is 0 Å². The fourth-order valence-electron chi connectivity index (χ4n) is 1.42. The van der Waals surface area contributed by atoms with Gasteiger partial charge in [-0.3, -0.25) is 0 Å². The number of rotatable bonds is 3.